The van der Waals surface area contributed by atoms with Crippen molar-refractivity contribution in [2.75, 3.05) is 26.2 Å². The van der Waals surface area contributed by atoms with Crippen LogP contribution in [0.25, 0.3) is 0 Å². The molecule has 0 bridgehead atoms. The van der Waals surface area contributed by atoms with E-state index in [9.17, 15) is 4.79 Å². The Kier molecular flexibility index (Phi) is 5.36. The Bertz CT molecular complexity index is 492. The summed E-state index contributed by atoms with van der Waals surface area (Å²) in [5.41, 5.74) is -0.477. The van der Waals surface area contributed by atoms with E-state index in [1.54, 1.807) is 11.0 Å². The minimum atomic E-state index is -0.477. The molecule has 2 heterocycles. The second-order valence-corrected chi connectivity index (χ2v) is 6.17. The molecule has 0 atom stereocenters. The van der Waals surface area contributed by atoms with Gasteiger partial charge in [-0.1, -0.05) is 0 Å². The van der Waals surface area contributed by atoms with Gasteiger partial charge in [0.25, 0.3) is 0 Å². The van der Waals surface area contributed by atoms with Gasteiger partial charge in [-0.05, 0) is 20.8 Å². The van der Waals surface area contributed by atoms with Gasteiger partial charge in [0.2, 0.25) is 0 Å². The number of amides is 1. The summed E-state index contributed by atoms with van der Waals surface area (Å²) in [4.78, 5) is 15.9. The zero-order valence-electron chi connectivity index (χ0n) is 13.2. The minimum Gasteiger partial charge on any atom is -0.535 e. The number of carbonyl (C=O) groups excluding carboxylic acids is 1. The lowest BCUT2D eigenvalue weighted by molar-refractivity contribution is 0.0134. The van der Waals surface area contributed by atoms with Crippen molar-refractivity contribution in [3.8, 4) is 5.75 Å². The van der Waals surface area contributed by atoms with E-state index in [0.29, 0.717) is 38.8 Å². The topological polar surface area (TPSA) is 75.4 Å². The van der Waals surface area contributed by atoms with Gasteiger partial charge in [-0.25, -0.2) is 4.79 Å². The smallest absolute Gasteiger partial charge is 0.535 e. The van der Waals surface area contributed by atoms with Crippen LogP contribution in [0.5, 0.6) is 5.75 Å². The van der Waals surface area contributed by atoms with Gasteiger partial charge in [-0.3, -0.25) is 4.90 Å². The summed E-state index contributed by atoms with van der Waals surface area (Å²) in [6.07, 6.45) is 1.24. The molecule has 7 nitrogen and oxygen atoms in total. The Morgan fingerprint density at radius 2 is 2.05 bits per heavy atom. The number of hydrogen-bond acceptors (Lipinski definition) is 6. The quantitative estimate of drug-likeness (QED) is 0.843. The van der Waals surface area contributed by atoms with Crippen LogP contribution < -0.4 is 4.65 Å². The molecule has 1 amide bonds. The number of furan rings is 1. The molecule has 1 aliphatic rings. The Labute approximate surface area is 131 Å². The fourth-order valence-corrected chi connectivity index (χ4v) is 2.22. The molecule has 22 heavy (non-hydrogen) atoms. The molecule has 1 fully saturated rings. The highest BCUT2D eigenvalue weighted by Crippen LogP contribution is 2.22. The maximum absolute atomic E-state index is 12.0. The summed E-state index contributed by atoms with van der Waals surface area (Å²) in [6.45, 7) is 8.81. The standard InChI is InChI=1S/C14H22BN2O5/c1-14(2,3)21-13(18)17-7-5-16(6-8-17)10-12-11(22-15-19)4-9-20-12/h4,9,19H,5-8,10H2,1-3H3. The van der Waals surface area contributed by atoms with Crippen molar-refractivity contribution in [1.29, 1.82) is 0 Å². The molecule has 1 aliphatic heterocycles. The summed E-state index contributed by atoms with van der Waals surface area (Å²) in [7, 11) is 0.634. The van der Waals surface area contributed by atoms with E-state index in [4.69, 9.17) is 18.8 Å². The van der Waals surface area contributed by atoms with Crippen molar-refractivity contribution in [2.45, 2.75) is 32.9 Å². The summed E-state index contributed by atoms with van der Waals surface area (Å²) in [5.74, 6) is 1.15. The van der Waals surface area contributed by atoms with E-state index in [-0.39, 0.29) is 6.09 Å². The first kappa shape index (κ1) is 16.7. The largest absolute Gasteiger partial charge is 0.569 e. The molecule has 8 heteroatoms. The number of carbonyl (C=O) groups is 1. The van der Waals surface area contributed by atoms with Crippen molar-refractivity contribution in [3.05, 3.63) is 18.1 Å². The van der Waals surface area contributed by atoms with Crippen LogP contribution in [-0.4, -0.2) is 60.4 Å². The van der Waals surface area contributed by atoms with Gasteiger partial charge in [0.15, 0.2) is 5.76 Å². The van der Waals surface area contributed by atoms with Crippen LogP contribution in [-0.2, 0) is 11.3 Å². The molecule has 1 radical (unpaired) electrons. The summed E-state index contributed by atoms with van der Waals surface area (Å²) < 4.78 is 15.7. The van der Waals surface area contributed by atoms with Crippen molar-refractivity contribution in [2.24, 2.45) is 0 Å². The Morgan fingerprint density at radius 3 is 2.64 bits per heavy atom. The highest BCUT2D eigenvalue weighted by atomic mass is 16.6. The Balaban J connectivity index is 1.82. The fourth-order valence-electron chi connectivity index (χ4n) is 2.22. The molecule has 2 rings (SSSR count). The van der Waals surface area contributed by atoms with E-state index in [2.05, 4.69) is 4.90 Å². The van der Waals surface area contributed by atoms with Crippen LogP contribution in [0.1, 0.15) is 26.5 Å². The van der Waals surface area contributed by atoms with Crippen LogP contribution in [0.15, 0.2) is 16.7 Å². The number of ether oxygens (including phenoxy) is 1. The van der Waals surface area contributed by atoms with Gasteiger partial charge in [-0.15, -0.1) is 0 Å². The van der Waals surface area contributed by atoms with Gasteiger partial charge in [0.1, 0.15) is 11.4 Å². The van der Waals surface area contributed by atoms with E-state index < -0.39 is 5.60 Å². The molecule has 1 aromatic rings. The van der Waals surface area contributed by atoms with Gasteiger partial charge < -0.3 is 23.7 Å². The average molecular weight is 309 g/mol. The molecule has 0 aromatic carbocycles. The van der Waals surface area contributed by atoms with Gasteiger partial charge in [0.05, 0.1) is 12.8 Å². The SMILES string of the molecule is CC(C)(C)OC(=O)N1CCN(Cc2occc2O[B]O)CC1. The van der Waals surface area contributed by atoms with Crippen molar-refractivity contribution in [1.82, 2.24) is 9.80 Å². The third-order valence-corrected chi connectivity index (χ3v) is 3.28. The van der Waals surface area contributed by atoms with E-state index in [1.165, 1.54) is 6.26 Å². The van der Waals surface area contributed by atoms with Crippen molar-refractivity contribution < 1.29 is 23.6 Å². The van der Waals surface area contributed by atoms with Crippen LogP contribution in [0.2, 0.25) is 0 Å². The second-order valence-electron chi connectivity index (χ2n) is 6.17. The Hall–Kier alpha value is -1.67. The van der Waals surface area contributed by atoms with Crippen molar-refractivity contribution in [3.63, 3.8) is 0 Å². The van der Waals surface area contributed by atoms with Gasteiger partial charge in [0, 0.05) is 32.2 Å². The molecular formula is C14H22BN2O5. The molecule has 0 unspecified atom stereocenters. The highest BCUT2D eigenvalue weighted by molar-refractivity contribution is 6.17. The van der Waals surface area contributed by atoms with E-state index in [1.807, 2.05) is 20.8 Å². The van der Waals surface area contributed by atoms with Crippen LogP contribution in [0.4, 0.5) is 4.79 Å². The van der Waals surface area contributed by atoms with E-state index in [0.717, 1.165) is 13.1 Å². The lowest BCUT2D eigenvalue weighted by atomic mass is 10.2. The normalized spacial score (nSPS) is 16.5. The third kappa shape index (κ3) is 4.67. The first-order valence-corrected chi connectivity index (χ1v) is 7.28. The maximum atomic E-state index is 12.0. The number of rotatable bonds is 4. The lowest BCUT2D eigenvalue weighted by Crippen LogP contribution is -2.49. The number of nitrogens with zero attached hydrogens (tertiary/aromatic N) is 2. The zero-order valence-corrected chi connectivity index (χ0v) is 13.2. The molecule has 121 valence electrons. The second kappa shape index (κ2) is 7.06. The lowest BCUT2D eigenvalue weighted by Gasteiger charge is -2.35. The average Bonchev–Trinajstić information content (AvgIpc) is 2.85. The first-order valence-electron chi connectivity index (χ1n) is 7.28. The fraction of sp³-hybridized carbons (Fsp3) is 0.643. The van der Waals surface area contributed by atoms with Crippen LogP contribution in [0, 0.1) is 0 Å². The van der Waals surface area contributed by atoms with Gasteiger partial charge in [-0.2, -0.15) is 0 Å². The number of hydrogen-bond donors (Lipinski definition) is 1. The van der Waals surface area contributed by atoms with Crippen LogP contribution >= 0.6 is 0 Å². The van der Waals surface area contributed by atoms with Crippen LogP contribution in [0.3, 0.4) is 0 Å². The molecule has 0 saturated carbocycles. The molecule has 0 spiro atoms. The molecule has 0 aliphatic carbocycles. The minimum absolute atomic E-state index is 0.274. The summed E-state index contributed by atoms with van der Waals surface area (Å²) in [5, 5.41) is 8.70. The molecular weight excluding hydrogens is 287 g/mol. The molecule has 1 aromatic heterocycles. The third-order valence-electron chi connectivity index (χ3n) is 3.28. The predicted octanol–water partition coefficient (Wildman–Crippen LogP) is 1.24. The van der Waals surface area contributed by atoms with Gasteiger partial charge >= 0.3 is 13.8 Å². The van der Waals surface area contributed by atoms with Crippen molar-refractivity contribution >= 4 is 13.8 Å². The Morgan fingerprint density at radius 1 is 1.36 bits per heavy atom. The maximum Gasteiger partial charge on any atom is 0.569 e. The predicted molar refractivity (Wildman–Crippen MR) is 80.4 cm³/mol. The summed E-state index contributed by atoms with van der Waals surface area (Å²) in [6, 6.07) is 1.65. The molecule has 1 saturated heterocycles. The summed E-state index contributed by atoms with van der Waals surface area (Å²) >= 11 is 0. The monoisotopic (exact) mass is 309 g/mol. The number of piperazine rings is 1. The molecule has 1 N–H and O–H groups in total. The van der Waals surface area contributed by atoms with E-state index >= 15 is 0 Å². The first-order chi connectivity index (χ1) is 10.4. The highest BCUT2D eigenvalue weighted by Gasteiger charge is 2.26. The zero-order chi connectivity index (χ0) is 16.2.